The molecule has 1 aliphatic heterocycles. The number of carbonyl (C=O) groups is 2. The Morgan fingerprint density at radius 2 is 1.67 bits per heavy atom. The zero-order valence-corrected chi connectivity index (χ0v) is 12.0. The normalized spacial score (nSPS) is 15.4. The fourth-order valence-corrected chi connectivity index (χ4v) is 2.37. The van der Waals surface area contributed by atoms with Crippen LogP contribution in [-0.2, 0) is 20.7 Å². The van der Waals surface area contributed by atoms with E-state index in [-0.39, 0.29) is 24.8 Å². The van der Waals surface area contributed by atoms with E-state index in [9.17, 15) is 14.0 Å². The van der Waals surface area contributed by atoms with Crippen molar-refractivity contribution in [3.63, 3.8) is 0 Å². The molecular formula is C16H20FNO3. The van der Waals surface area contributed by atoms with E-state index < -0.39 is 5.97 Å². The van der Waals surface area contributed by atoms with Gasteiger partial charge in [-0.05, 0) is 30.5 Å². The molecule has 0 radical (unpaired) electrons. The Morgan fingerprint density at radius 3 is 2.29 bits per heavy atom. The third-order valence-electron chi connectivity index (χ3n) is 3.58. The van der Waals surface area contributed by atoms with Gasteiger partial charge in [0.1, 0.15) is 5.82 Å². The Hall–Kier alpha value is -1.91. The van der Waals surface area contributed by atoms with Crippen LogP contribution in [0.1, 0.15) is 31.2 Å². The van der Waals surface area contributed by atoms with Crippen LogP contribution in [-0.4, -0.2) is 36.5 Å². The van der Waals surface area contributed by atoms with Crippen molar-refractivity contribution in [3.8, 4) is 0 Å². The third kappa shape index (κ3) is 5.17. The minimum absolute atomic E-state index is 0.0492. The molecule has 5 heteroatoms. The highest BCUT2D eigenvalue weighted by Gasteiger charge is 2.17. The quantitative estimate of drug-likeness (QED) is 0.800. The van der Waals surface area contributed by atoms with Gasteiger partial charge < -0.3 is 9.64 Å². The number of likely N-dealkylation sites (tertiary alicyclic amines) is 1. The van der Waals surface area contributed by atoms with Gasteiger partial charge in [0, 0.05) is 13.1 Å². The van der Waals surface area contributed by atoms with Crippen LogP contribution < -0.4 is 0 Å². The lowest BCUT2D eigenvalue weighted by Gasteiger charge is -2.19. The van der Waals surface area contributed by atoms with Crippen molar-refractivity contribution in [2.75, 3.05) is 19.7 Å². The van der Waals surface area contributed by atoms with Crippen molar-refractivity contribution in [1.29, 1.82) is 0 Å². The zero-order valence-electron chi connectivity index (χ0n) is 12.0. The number of carbonyl (C=O) groups excluding carboxylic acids is 2. The molecule has 1 aliphatic rings. The van der Waals surface area contributed by atoms with Crippen LogP contribution in [0.3, 0.4) is 0 Å². The molecule has 1 saturated heterocycles. The summed E-state index contributed by atoms with van der Waals surface area (Å²) >= 11 is 0. The van der Waals surface area contributed by atoms with E-state index in [1.807, 2.05) is 0 Å². The number of hydrogen-bond acceptors (Lipinski definition) is 3. The molecule has 21 heavy (non-hydrogen) atoms. The number of nitrogens with zero attached hydrogens (tertiary/aromatic N) is 1. The number of rotatable bonds is 4. The summed E-state index contributed by atoms with van der Waals surface area (Å²) in [5.41, 5.74) is 0.670. The first kappa shape index (κ1) is 15.5. The van der Waals surface area contributed by atoms with Gasteiger partial charge in [0.05, 0.1) is 6.42 Å². The molecule has 114 valence electrons. The Bertz CT molecular complexity index is 479. The van der Waals surface area contributed by atoms with Gasteiger partial charge >= 0.3 is 5.97 Å². The van der Waals surface area contributed by atoms with Gasteiger partial charge in [-0.15, -0.1) is 0 Å². The van der Waals surface area contributed by atoms with Crippen molar-refractivity contribution >= 4 is 11.9 Å². The molecular weight excluding hydrogens is 273 g/mol. The lowest BCUT2D eigenvalue weighted by atomic mass is 10.1. The van der Waals surface area contributed by atoms with Gasteiger partial charge in [0.25, 0.3) is 5.91 Å². The highest BCUT2D eigenvalue weighted by atomic mass is 19.1. The van der Waals surface area contributed by atoms with Gasteiger partial charge in [-0.3, -0.25) is 9.59 Å². The predicted molar refractivity (Wildman–Crippen MR) is 76.1 cm³/mol. The lowest BCUT2D eigenvalue weighted by Crippen LogP contribution is -2.35. The molecule has 1 heterocycles. The highest BCUT2D eigenvalue weighted by Crippen LogP contribution is 2.10. The predicted octanol–water partition coefficient (Wildman–Crippen LogP) is 2.31. The van der Waals surface area contributed by atoms with E-state index in [1.54, 1.807) is 4.90 Å². The van der Waals surface area contributed by atoms with E-state index in [2.05, 4.69) is 0 Å². The molecule has 0 atom stereocenters. The van der Waals surface area contributed by atoms with Crippen molar-refractivity contribution in [3.05, 3.63) is 35.6 Å². The van der Waals surface area contributed by atoms with Gasteiger partial charge in [-0.1, -0.05) is 25.0 Å². The van der Waals surface area contributed by atoms with Crippen LogP contribution in [0.2, 0.25) is 0 Å². The van der Waals surface area contributed by atoms with Crippen molar-refractivity contribution in [1.82, 2.24) is 4.90 Å². The average molecular weight is 293 g/mol. The third-order valence-corrected chi connectivity index (χ3v) is 3.58. The first-order valence-corrected chi connectivity index (χ1v) is 7.33. The second kappa shape index (κ2) is 7.76. The minimum atomic E-state index is -0.468. The largest absolute Gasteiger partial charge is 0.455 e. The molecule has 0 spiro atoms. The Balaban J connectivity index is 1.75. The number of benzene rings is 1. The van der Waals surface area contributed by atoms with Gasteiger partial charge in [-0.25, -0.2) is 4.39 Å². The lowest BCUT2D eigenvalue weighted by molar-refractivity contribution is -0.151. The van der Waals surface area contributed by atoms with Gasteiger partial charge in [0.2, 0.25) is 0 Å². The fourth-order valence-electron chi connectivity index (χ4n) is 2.37. The Kier molecular flexibility index (Phi) is 5.72. The summed E-state index contributed by atoms with van der Waals surface area (Å²) in [4.78, 5) is 25.4. The highest BCUT2D eigenvalue weighted by molar-refractivity contribution is 5.81. The molecule has 0 N–H and O–H groups in total. The van der Waals surface area contributed by atoms with Crippen LogP contribution in [0, 0.1) is 5.82 Å². The summed E-state index contributed by atoms with van der Waals surface area (Å²) < 4.78 is 17.8. The number of amides is 1. The molecule has 0 bridgehead atoms. The van der Waals surface area contributed by atoms with Crippen LogP contribution in [0.15, 0.2) is 24.3 Å². The van der Waals surface area contributed by atoms with E-state index in [0.29, 0.717) is 5.56 Å². The van der Waals surface area contributed by atoms with E-state index in [1.165, 1.54) is 24.3 Å². The molecule has 1 aromatic carbocycles. The first-order valence-electron chi connectivity index (χ1n) is 7.33. The van der Waals surface area contributed by atoms with E-state index >= 15 is 0 Å². The second-order valence-electron chi connectivity index (χ2n) is 5.26. The average Bonchev–Trinajstić information content (AvgIpc) is 2.76. The van der Waals surface area contributed by atoms with E-state index in [0.717, 1.165) is 38.8 Å². The Labute approximate surface area is 123 Å². The molecule has 1 amide bonds. The molecule has 0 aliphatic carbocycles. The smallest absolute Gasteiger partial charge is 0.310 e. The molecule has 0 unspecified atom stereocenters. The van der Waals surface area contributed by atoms with Crippen LogP contribution in [0.5, 0.6) is 0 Å². The van der Waals surface area contributed by atoms with Crippen molar-refractivity contribution in [2.45, 2.75) is 32.1 Å². The van der Waals surface area contributed by atoms with Crippen LogP contribution in [0.4, 0.5) is 4.39 Å². The fraction of sp³-hybridized carbons (Fsp3) is 0.500. The maximum atomic E-state index is 12.8. The van der Waals surface area contributed by atoms with Crippen LogP contribution >= 0.6 is 0 Å². The maximum Gasteiger partial charge on any atom is 0.310 e. The summed E-state index contributed by atoms with van der Waals surface area (Å²) in [6.07, 6.45) is 4.36. The number of hydrogen-bond donors (Lipinski definition) is 0. The topological polar surface area (TPSA) is 46.6 Å². The van der Waals surface area contributed by atoms with Gasteiger partial charge in [0.15, 0.2) is 6.61 Å². The molecule has 2 rings (SSSR count). The standard InChI is InChI=1S/C16H20FNO3/c17-14-7-5-13(6-8-14)11-16(20)21-12-15(19)18-9-3-1-2-4-10-18/h5-8H,1-4,9-12H2. The summed E-state index contributed by atoms with van der Waals surface area (Å²) in [6, 6.07) is 5.66. The van der Waals surface area contributed by atoms with E-state index in [4.69, 9.17) is 4.74 Å². The van der Waals surface area contributed by atoms with Gasteiger partial charge in [-0.2, -0.15) is 0 Å². The molecule has 0 saturated carbocycles. The summed E-state index contributed by atoms with van der Waals surface area (Å²) in [7, 11) is 0. The minimum Gasteiger partial charge on any atom is -0.455 e. The maximum absolute atomic E-state index is 12.8. The summed E-state index contributed by atoms with van der Waals surface area (Å²) in [5.74, 6) is -0.947. The molecule has 0 aromatic heterocycles. The molecule has 1 fully saturated rings. The number of ether oxygens (including phenoxy) is 1. The first-order chi connectivity index (χ1) is 10.1. The second-order valence-corrected chi connectivity index (χ2v) is 5.26. The van der Waals surface area contributed by atoms with Crippen molar-refractivity contribution < 1.29 is 18.7 Å². The zero-order chi connectivity index (χ0) is 15.1. The van der Waals surface area contributed by atoms with Crippen LogP contribution in [0.25, 0.3) is 0 Å². The summed E-state index contributed by atoms with van der Waals surface area (Å²) in [6.45, 7) is 1.28. The molecule has 4 nitrogen and oxygen atoms in total. The SMILES string of the molecule is O=C(Cc1ccc(F)cc1)OCC(=O)N1CCCCCC1. The number of esters is 1. The molecule has 1 aromatic rings. The Morgan fingerprint density at radius 1 is 1.05 bits per heavy atom. The monoisotopic (exact) mass is 293 g/mol. The summed E-state index contributed by atoms with van der Waals surface area (Å²) in [5, 5.41) is 0. The number of halogens is 1. The van der Waals surface area contributed by atoms with Crippen molar-refractivity contribution in [2.24, 2.45) is 0 Å².